The highest BCUT2D eigenvalue weighted by Gasteiger charge is 2.33. The zero-order chi connectivity index (χ0) is 35.4. The maximum atomic E-state index is 14.7. The van der Waals surface area contributed by atoms with Gasteiger partial charge >= 0.3 is 0 Å². The van der Waals surface area contributed by atoms with Gasteiger partial charge in [0.2, 0.25) is 0 Å². The number of nitrogens with two attached hydrogens (primary N) is 1. The summed E-state index contributed by atoms with van der Waals surface area (Å²) in [4.78, 5) is 0. The van der Waals surface area contributed by atoms with E-state index in [-0.39, 0.29) is 5.82 Å². The Kier molecular flexibility index (Phi) is 7.82. The van der Waals surface area contributed by atoms with Crippen molar-refractivity contribution in [3.05, 3.63) is 191 Å². The Balaban J connectivity index is 1.17. The van der Waals surface area contributed by atoms with Crippen LogP contribution in [0.2, 0.25) is 0 Å². The fourth-order valence-electron chi connectivity index (χ4n) is 8.36. The zero-order valence-electron chi connectivity index (χ0n) is 28.8. The number of nitrogens with zero attached hydrogens (tertiary/aromatic N) is 1. The third kappa shape index (κ3) is 5.23. The molecule has 0 saturated carbocycles. The first-order chi connectivity index (χ1) is 25.4. The predicted molar refractivity (Wildman–Crippen MR) is 216 cm³/mol. The fourth-order valence-corrected chi connectivity index (χ4v) is 9.98. The van der Waals surface area contributed by atoms with Gasteiger partial charge in [-0.3, -0.25) is 0 Å². The van der Waals surface area contributed by atoms with Crippen LogP contribution in [0.25, 0.3) is 55.2 Å². The molecule has 4 nitrogen and oxygen atoms in total. The monoisotopic (exact) mass is 694 g/mol. The van der Waals surface area contributed by atoms with Crippen molar-refractivity contribution >= 4 is 54.1 Å². The summed E-state index contributed by atoms with van der Waals surface area (Å²) in [6.07, 6.45) is 9.78. The minimum atomic E-state index is -4.10. The van der Waals surface area contributed by atoms with Gasteiger partial charge in [-0.25, -0.2) is 12.7 Å². The van der Waals surface area contributed by atoms with Crippen LogP contribution < -0.4 is 16.2 Å². The lowest BCUT2D eigenvalue weighted by molar-refractivity contribution is 0.544. The molecule has 0 spiro atoms. The van der Waals surface area contributed by atoms with Crippen LogP contribution >= 0.6 is 0 Å². The summed E-state index contributed by atoms with van der Waals surface area (Å²) in [5.41, 5.74) is 14.4. The van der Waals surface area contributed by atoms with Gasteiger partial charge in [-0.15, -0.1) is 6.58 Å². The SMILES string of the molecule is C=CC(c1cccc2ccccc12)S(=O)(=O)N1C=c2ccccc2=C(c2ccccc2-c2ccc3c(ccc4c5c(ccc43)CCCC5)c2)C=C1N. The molecule has 9 rings (SSSR count). The normalized spacial score (nSPS) is 15.0. The number of sulfonamides is 1. The molecule has 2 aliphatic rings. The molecule has 0 amide bonds. The van der Waals surface area contributed by atoms with Crippen molar-refractivity contribution < 1.29 is 8.42 Å². The summed E-state index contributed by atoms with van der Waals surface area (Å²) in [5, 5.41) is 7.56. The molecule has 1 aliphatic carbocycles. The second-order valence-electron chi connectivity index (χ2n) is 13.8. The molecule has 1 unspecified atom stereocenters. The molecule has 2 N–H and O–H groups in total. The standard InChI is InChI=1S/C47H38N2O2S/c1-2-46(44-21-11-15-31-12-3-7-17-37(31)44)52(50,51)49-30-35-14-5-8-19-39(35)45(29-47(49)48)41-20-10-9-18-38(41)33-23-25-40-34(28-33)24-27-42-36-16-6-4-13-32(36)22-26-43(40)42/h2-3,5,7-12,14-15,17-30,46H,1,4,6,13,16,48H2. The summed E-state index contributed by atoms with van der Waals surface area (Å²) in [6.45, 7) is 3.98. The molecule has 0 radical (unpaired) electrons. The van der Waals surface area contributed by atoms with Crippen LogP contribution in [0.4, 0.5) is 0 Å². The van der Waals surface area contributed by atoms with Gasteiger partial charge in [-0.05, 0) is 120 Å². The van der Waals surface area contributed by atoms with Crippen molar-refractivity contribution in [2.75, 3.05) is 0 Å². The summed E-state index contributed by atoms with van der Waals surface area (Å²) in [6, 6.07) is 45.6. The Hall–Kier alpha value is -5.91. The van der Waals surface area contributed by atoms with E-state index in [1.165, 1.54) is 62.3 Å². The van der Waals surface area contributed by atoms with Gasteiger partial charge in [-0.1, -0.05) is 133 Å². The van der Waals surface area contributed by atoms with E-state index in [0.29, 0.717) is 5.56 Å². The van der Waals surface area contributed by atoms with E-state index >= 15 is 0 Å². The molecule has 5 heteroatoms. The van der Waals surface area contributed by atoms with Crippen molar-refractivity contribution in [2.45, 2.75) is 30.9 Å². The zero-order valence-corrected chi connectivity index (χ0v) is 29.6. The Morgan fingerprint density at radius 2 is 1.40 bits per heavy atom. The topological polar surface area (TPSA) is 63.4 Å². The fraction of sp³-hybridized carbons (Fsp3) is 0.106. The van der Waals surface area contributed by atoms with Crippen molar-refractivity contribution in [1.29, 1.82) is 0 Å². The summed E-state index contributed by atoms with van der Waals surface area (Å²) in [5.74, 6) is 0.112. The van der Waals surface area contributed by atoms with E-state index in [0.717, 1.165) is 49.9 Å². The minimum absolute atomic E-state index is 0.112. The molecule has 1 atom stereocenters. The largest absolute Gasteiger partial charge is 0.384 e. The van der Waals surface area contributed by atoms with E-state index in [1.807, 2.05) is 78.9 Å². The smallest absolute Gasteiger partial charge is 0.250 e. The Labute approximate surface area is 304 Å². The van der Waals surface area contributed by atoms with E-state index in [1.54, 1.807) is 12.3 Å². The van der Waals surface area contributed by atoms with Gasteiger partial charge in [0.25, 0.3) is 10.0 Å². The molecule has 7 aromatic carbocycles. The third-order valence-corrected chi connectivity index (χ3v) is 12.8. The van der Waals surface area contributed by atoms with Crippen LogP contribution in [0.15, 0.2) is 158 Å². The number of hydrogen-bond acceptors (Lipinski definition) is 3. The molecule has 1 aliphatic heterocycles. The average molecular weight is 695 g/mol. The molecule has 0 saturated heterocycles. The van der Waals surface area contributed by atoms with Gasteiger partial charge in [0.1, 0.15) is 11.1 Å². The van der Waals surface area contributed by atoms with Gasteiger partial charge in [0.15, 0.2) is 0 Å². The van der Waals surface area contributed by atoms with Crippen LogP contribution in [0.3, 0.4) is 0 Å². The Bertz CT molecular complexity index is 2870. The van der Waals surface area contributed by atoms with Crippen LogP contribution in [0.1, 0.15) is 40.3 Å². The first-order valence-corrected chi connectivity index (χ1v) is 19.4. The number of fused-ring (bicyclic) bond motifs is 7. The highest BCUT2D eigenvalue weighted by atomic mass is 32.2. The lowest BCUT2D eigenvalue weighted by atomic mass is 9.86. The van der Waals surface area contributed by atoms with Crippen molar-refractivity contribution in [3.8, 4) is 11.1 Å². The predicted octanol–water partition coefficient (Wildman–Crippen LogP) is 9.00. The van der Waals surface area contributed by atoms with Crippen LogP contribution in [-0.2, 0) is 22.9 Å². The highest BCUT2D eigenvalue weighted by Crippen LogP contribution is 2.38. The summed E-state index contributed by atoms with van der Waals surface area (Å²) >= 11 is 0. The van der Waals surface area contributed by atoms with Crippen LogP contribution in [-0.4, -0.2) is 12.7 Å². The van der Waals surface area contributed by atoms with E-state index in [9.17, 15) is 8.42 Å². The van der Waals surface area contributed by atoms with Crippen molar-refractivity contribution in [2.24, 2.45) is 5.73 Å². The summed E-state index contributed by atoms with van der Waals surface area (Å²) in [7, 11) is -4.10. The quantitative estimate of drug-likeness (QED) is 0.140. The van der Waals surface area contributed by atoms with Gasteiger partial charge in [-0.2, -0.15) is 0 Å². The molecule has 0 aromatic heterocycles. The Morgan fingerprint density at radius 3 is 2.29 bits per heavy atom. The number of rotatable bonds is 6. The van der Waals surface area contributed by atoms with Crippen molar-refractivity contribution in [3.63, 3.8) is 0 Å². The number of allylic oxidation sites excluding steroid dienone is 1. The van der Waals surface area contributed by atoms with Gasteiger partial charge in [0, 0.05) is 6.20 Å². The lowest BCUT2D eigenvalue weighted by Crippen LogP contribution is -2.35. The molecule has 1 heterocycles. The molecule has 0 fully saturated rings. The Morgan fingerprint density at radius 1 is 0.673 bits per heavy atom. The average Bonchev–Trinajstić information content (AvgIpc) is 3.34. The van der Waals surface area contributed by atoms with E-state index in [4.69, 9.17) is 5.73 Å². The second-order valence-corrected chi connectivity index (χ2v) is 15.7. The van der Waals surface area contributed by atoms with Crippen molar-refractivity contribution in [1.82, 2.24) is 4.31 Å². The number of hydrogen-bond donors (Lipinski definition) is 1. The summed E-state index contributed by atoms with van der Waals surface area (Å²) < 4.78 is 30.5. The second kappa shape index (κ2) is 12.7. The molecule has 7 aromatic rings. The van der Waals surface area contributed by atoms with Gasteiger partial charge < -0.3 is 5.73 Å². The van der Waals surface area contributed by atoms with Crippen LogP contribution in [0.5, 0.6) is 0 Å². The minimum Gasteiger partial charge on any atom is -0.384 e. The van der Waals surface area contributed by atoms with Gasteiger partial charge in [0.05, 0.1) is 0 Å². The molecule has 52 heavy (non-hydrogen) atoms. The third-order valence-electron chi connectivity index (χ3n) is 10.9. The first-order valence-electron chi connectivity index (χ1n) is 17.9. The lowest BCUT2D eigenvalue weighted by Gasteiger charge is -2.26. The molecular formula is C47H38N2O2S. The molecule has 254 valence electrons. The van der Waals surface area contributed by atoms with E-state index in [2.05, 4.69) is 61.2 Å². The number of benzene rings is 7. The highest BCUT2D eigenvalue weighted by molar-refractivity contribution is 7.89. The molecular weight excluding hydrogens is 657 g/mol. The maximum Gasteiger partial charge on any atom is 0.250 e. The molecule has 0 bridgehead atoms. The maximum absolute atomic E-state index is 14.7. The van der Waals surface area contributed by atoms with Crippen LogP contribution in [0, 0.1) is 0 Å². The number of aryl methyl sites for hydroxylation is 2. The van der Waals surface area contributed by atoms with E-state index < -0.39 is 15.3 Å². The first kappa shape index (κ1) is 32.0.